The van der Waals surface area contributed by atoms with E-state index in [1.54, 1.807) is 0 Å². The van der Waals surface area contributed by atoms with E-state index in [-0.39, 0.29) is 6.09 Å². The SMILES string of the molecule is Cc1ccnc(Cc2ccc(OC(=O)N3CCC(CCN(C)Cc4ccccc4)CC3)cc2)c1. The minimum absolute atomic E-state index is 0.243. The van der Waals surface area contributed by atoms with Crippen LogP contribution in [0.1, 0.15) is 41.6 Å². The van der Waals surface area contributed by atoms with Gasteiger partial charge >= 0.3 is 6.09 Å². The van der Waals surface area contributed by atoms with Gasteiger partial charge in [0.15, 0.2) is 0 Å². The lowest BCUT2D eigenvalue weighted by molar-refractivity contribution is 0.126. The number of amides is 1. The van der Waals surface area contributed by atoms with E-state index in [1.807, 2.05) is 41.4 Å². The summed E-state index contributed by atoms with van der Waals surface area (Å²) in [6.45, 7) is 5.66. The molecular formula is C29H35N3O2. The number of carbonyl (C=O) groups excluding carboxylic acids is 1. The van der Waals surface area contributed by atoms with Crippen LogP contribution in [0.4, 0.5) is 4.79 Å². The summed E-state index contributed by atoms with van der Waals surface area (Å²) in [5.74, 6) is 1.26. The predicted molar refractivity (Wildman–Crippen MR) is 136 cm³/mol. The minimum Gasteiger partial charge on any atom is -0.410 e. The smallest absolute Gasteiger partial charge is 0.410 e. The molecule has 0 radical (unpaired) electrons. The van der Waals surface area contributed by atoms with Crippen LogP contribution >= 0.6 is 0 Å². The first-order valence-corrected chi connectivity index (χ1v) is 12.2. The molecule has 0 spiro atoms. The molecule has 5 nitrogen and oxygen atoms in total. The molecule has 1 amide bonds. The van der Waals surface area contributed by atoms with Gasteiger partial charge in [-0.2, -0.15) is 0 Å². The molecule has 0 saturated carbocycles. The van der Waals surface area contributed by atoms with Gasteiger partial charge in [0.2, 0.25) is 0 Å². The van der Waals surface area contributed by atoms with Gasteiger partial charge in [0.05, 0.1) is 0 Å². The maximum absolute atomic E-state index is 12.6. The number of ether oxygens (including phenoxy) is 1. The molecule has 3 aromatic rings. The van der Waals surface area contributed by atoms with Crippen LogP contribution in [0, 0.1) is 12.8 Å². The number of likely N-dealkylation sites (tertiary alicyclic amines) is 1. The van der Waals surface area contributed by atoms with Crippen molar-refractivity contribution in [3.63, 3.8) is 0 Å². The molecule has 1 aromatic heterocycles. The third-order valence-electron chi connectivity index (χ3n) is 6.57. The number of benzene rings is 2. The third-order valence-corrected chi connectivity index (χ3v) is 6.57. The molecule has 2 aromatic carbocycles. The lowest BCUT2D eigenvalue weighted by atomic mass is 9.93. The highest BCUT2D eigenvalue weighted by Gasteiger charge is 2.24. The zero-order valence-corrected chi connectivity index (χ0v) is 20.3. The molecule has 0 N–H and O–H groups in total. The van der Waals surface area contributed by atoms with Crippen molar-refractivity contribution in [2.75, 3.05) is 26.7 Å². The number of nitrogens with zero attached hydrogens (tertiary/aromatic N) is 3. The summed E-state index contributed by atoms with van der Waals surface area (Å²) >= 11 is 0. The van der Waals surface area contributed by atoms with Gasteiger partial charge in [-0.05, 0) is 86.7 Å². The molecule has 1 aliphatic heterocycles. The summed E-state index contributed by atoms with van der Waals surface area (Å²) in [6.07, 6.45) is 5.61. The van der Waals surface area contributed by atoms with Crippen LogP contribution in [0.15, 0.2) is 72.9 Å². The Morgan fingerprint density at radius 2 is 1.76 bits per heavy atom. The van der Waals surface area contributed by atoms with Crippen LogP contribution in [0.2, 0.25) is 0 Å². The number of hydrogen-bond acceptors (Lipinski definition) is 4. The van der Waals surface area contributed by atoms with Crippen molar-refractivity contribution in [2.24, 2.45) is 5.92 Å². The molecule has 1 aliphatic rings. The summed E-state index contributed by atoms with van der Waals surface area (Å²) in [7, 11) is 2.18. The second-order valence-corrected chi connectivity index (χ2v) is 9.46. The molecule has 4 rings (SSSR count). The van der Waals surface area contributed by atoms with Crippen molar-refractivity contribution in [2.45, 2.75) is 39.2 Å². The van der Waals surface area contributed by atoms with E-state index in [1.165, 1.54) is 17.5 Å². The quantitative estimate of drug-likeness (QED) is 0.434. The van der Waals surface area contributed by atoms with E-state index >= 15 is 0 Å². The van der Waals surface area contributed by atoms with Gasteiger partial charge in [0, 0.05) is 37.9 Å². The molecule has 0 aliphatic carbocycles. The second-order valence-electron chi connectivity index (χ2n) is 9.46. The highest BCUT2D eigenvalue weighted by Crippen LogP contribution is 2.23. The third kappa shape index (κ3) is 7.16. The fourth-order valence-corrected chi connectivity index (χ4v) is 4.53. The first-order chi connectivity index (χ1) is 16.5. The van der Waals surface area contributed by atoms with Crippen molar-refractivity contribution in [3.05, 3.63) is 95.3 Å². The first kappa shape index (κ1) is 24.0. The average molecular weight is 458 g/mol. The maximum Gasteiger partial charge on any atom is 0.415 e. The Bertz CT molecular complexity index is 1040. The van der Waals surface area contributed by atoms with Crippen molar-refractivity contribution in [1.29, 1.82) is 0 Å². The Labute approximate surface area is 203 Å². The van der Waals surface area contributed by atoms with Crippen LogP contribution in [0.25, 0.3) is 0 Å². The number of aromatic nitrogens is 1. The lowest BCUT2D eigenvalue weighted by Crippen LogP contribution is -2.40. The molecule has 178 valence electrons. The van der Waals surface area contributed by atoms with Gasteiger partial charge in [-0.15, -0.1) is 0 Å². The summed E-state index contributed by atoms with van der Waals surface area (Å²) in [4.78, 5) is 21.3. The van der Waals surface area contributed by atoms with Crippen molar-refractivity contribution >= 4 is 6.09 Å². The van der Waals surface area contributed by atoms with Crippen molar-refractivity contribution in [3.8, 4) is 5.75 Å². The van der Waals surface area contributed by atoms with Crippen molar-refractivity contribution < 1.29 is 9.53 Å². The van der Waals surface area contributed by atoms with E-state index in [2.05, 4.69) is 60.3 Å². The number of aryl methyl sites for hydroxylation is 1. The van der Waals surface area contributed by atoms with Crippen LogP contribution < -0.4 is 4.74 Å². The second kappa shape index (κ2) is 11.8. The van der Waals surface area contributed by atoms with Gasteiger partial charge in [0.25, 0.3) is 0 Å². The molecule has 5 heteroatoms. The topological polar surface area (TPSA) is 45.7 Å². The Hall–Kier alpha value is -3.18. The monoisotopic (exact) mass is 457 g/mol. The van der Waals surface area contributed by atoms with E-state index in [4.69, 9.17) is 4.74 Å². The molecule has 1 saturated heterocycles. The molecule has 34 heavy (non-hydrogen) atoms. The number of carbonyl (C=O) groups is 1. The fourth-order valence-electron chi connectivity index (χ4n) is 4.53. The van der Waals surface area contributed by atoms with Crippen LogP contribution in [-0.4, -0.2) is 47.6 Å². The number of hydrogen-bond donors (Lipinski definition) is 0. The summed E-state index contributed by atoms with van der Waals surface area (Å²) in [6, 6.07) is 22.4. The van der Waals surface area contributed by atoms with Crippen molar-refractivity contribution in [1.82, 2.24) is 14.8 Å². The maximum atomic E-state index is 12.6. The number of rotatable bonds is 8. The summed E-state index contributed by atoms with van der Waals surface area (Å²) in [5, 5.41) is 0. The average Bonchev–Trinajstić information content (AvgIpc) is 2.85. The lowest BCUT2D eigenvalue weighted by Gasteiger charge is -2.32. The molecule has 0 bridgehead atoms. The molecule has 2 heterocycles. The number of piperidine rings is 1. The van der Waals surface area contributed by atoms with Gasteiger partial charge < -0.3 is 14.5 Å². The van der Waals surface area contributed by atoms with E-state index < -0.39 is 0 Å². The largest absolute Gasteiger partial charge is 0.415 e. The standard InChI is InChI=1S/C29H35N3O2/c1-23-12-16-30-27(20-23)21-25-8-10-28(11-9-25)34-29(33)32-18-14-24(15-19-32)13-17-31(2)22-26-6-4-3-5-7-26/h3-12,16,20,24H,13-15,17-19,21-22H2,1-2H3. The minimum atomic E-state index is -0.243. The molecule has 0 atom stereocenters. The Balaban J connectivity index is 1.18. The Morgan fingerprint density at radius 3 is 2.47 bits per heavy atom. The van der Waals surface area contributed by atoms with Gasteiger partial charge in [-0.3, -0.25) is 4.98 Å². The fraction of sp³-hybridized carbons (Fsp3) is 0.379. The van der Waals surface area contributed by atoms with E-state index in [0.717, 1.165) is 56.7 Å². The van der Waals surface area contributed by atoms with Crippen LogP contribution in [0.5, 0.6) is 5.75 Å². The summed E-state index contributed by atoms with van der Waals surface area (Å²) in [5.41, 5.74) is 4.75. The zero-order valence-electron chi connectivity index (χ0n) is 20.3. The summed E-state index contributed by atoms with van der Waals surface area (Å²) < 4.78 is 5.64. The van der Waals surface area contributed by atoms with Gasteiger partial charge in [0.1, 0.15) is 5.75 Å². The highest BCUT2D eigenvalue weighted by atomic mass is 16.6. The number of pyridine rings is 1. The Kier molecular flexibility index (Phi) is 8.31. The predicted octanol–water partition coefficient (Wildman–Crippen LogP) is 5.71. The molecular weight excluding hydrogens is 422 g/mol. The van der Waals surface area contributed by atoms with Crippen LogP contribution in [0.3, 0.4) is 0 Å². The van der Waals surface area contributed by atoms with E-state index in [9.17, 15) is 4.79 Å². The zero-order chi connectivity index (χ0) is 23.8. The first-order valence-electron chi connectivity index (χ1n) is 12.2. The molecule has 1 fully saturated rings. The van der Waals surface area contributed by atoms with Gasteiger partial charge in [-0.25, -0.2) is 4.79 Å². The van der Waals surface area contributed by atoms with Crippen LogP contribution in [-0.2, 0) is 13.0 Å². The Morgan fingerprint density at radius 1 is 1.03 bits per heavy atom. The van der Waals surface area contributed by atoms with Gasteiger partial charge in [-0.1, -0.05) is 42.5 Å². The highest BCUT2D eigenvalue weighted by molar-refractivity contribution is 5.70. The molecule has 0 unspecified atom stereocenters. The normalized spacial score (nSPS) is 14.4. The van der Waals surface area contributed by atoms with E-state index in [0.29, 0.717) is 11.7 Å².